The zero-order valence-corrected chi connectivity index (χ0v) is 11.3. The number of rotatable bonds is 4. The molecule has 0 saturated heterocycles. The van der Waals surface area contributed by atoms with Gasteiger partial charge in [-0.2, -0.15) is 5.26 Å². The van der Waals surface area contributed by atoms with E-state index in [-0.39, 0.29) is 17.7 Å². The predicted molar refractivity (Wildman–Crippen MR) is 73.6 cm³/mol. The van der Waals surface area contributed by atoms with Crippen LogP contribution in [0.1, 0.15) is 27.0 Å². The first-order chi connectivity index (χ1) is 10.0. The number of nitrogens with zero attached hydrogens (tertiary/aromatic N) is 1. The van der Waals surface area contributed by atoms with Gasteiger partial charge in [-0.25, -0.2) is 9.18 Å². The Bertz CT molecular complexity index is 735. The summed E-state index contributed by atoms with van der Waals surface area (Å²) in [5, 5.41) is 17.7. The second kappa shape index (κ2) is 6.06. The van der Waals surface area contributed by atoms with E-state index in [2.05, 4.69) is 0 Å². The maximum atomic E-state index is 13.6. The summed E-state index contributed by atoms with van der Waals surface area (Å²) in [5.41, 5.74) is 1.44. The number of aryl methyl sites for hydroxylation is 1. The highest BCUT2D eigenvalue weighted by Gasteiger charge is 2.09. The second-order valence-electron chi connectivity index (χ2n) is 4.49. The molecule has 0 aliphatic heterocycles. The van der Waals surface area contributed by atoms with Crippen molar-refractivity contribution < 1.29 is 19.0 Å². The molecule has 0 aromatic heterocycles. The van der Waals surface area contributed by atoms with Gasteiger partial charge in [0.15, 0.2) is 0 Å². The normalized spacial score (nSPS) is 9.95. The van der Waals surface area contributed by atoms with Gasteiger partial charge in [-0.3, -0.25) is 0 Å². The van der Waals surface area contributed by atoms with Gasteiger partial charge >= 0.3 is 5.97 Å². The molecule has 0 unspecified atom stereocenters. The van der Waals surface area contributed by atoms with Crippen molar-refractivity contribution in [2.75, 3.05) is 0 Å². The Morgan fingerprint density at radius 1 is 1.33 bits per heavy atom. The van der Waals surface area contributed by atoms with Crippen molar-refractivity contribution in [3.05, 3.63) is 64.5 Å². The number of carboxylic acid groups (broad SMARTS) is 1. The number of hydrogen-bond acceptors (Lipinski definition) is 3. The lowest BCUT2D eigenvalue weighted by molar-refractivity contribution is 0.0696. The topological polar surface area (TPSA) is 70.3 Å². The largest absolute Gasteiger partial charge is 0.489 e. The van der Waals surface area contributed by atoms with Crippen LogP contribution < -0.4 is 4.74 Å². The zero-order chi connectivity index (χ0) is 15.4. The molecule has 0 bridgehead atoms. The Morgan fingerprint density at radius 2 is 2.10 bits per heavy atom. The van der Waals surface area contributed by atoms with Crippen LogP contribution in [0.2, 0.25) is 0 Å². The molecule has 0 atom stereocenters. The predicted octanol–water partition coefficient (Wildman–Crippen LogP) is 3.28. The third kappa shape index (κ3) is 3.37. The van der Waals surface area contributed by atoms with Crippen molar-refractivity contribution in [3.8, 4) is 11.8 Å². The fraction of sp³-hybridized carbons (Fsp3) is 0.125. The molecule has 0 radical (unpaired) electrons. The number of carboxylic acids is 1. The Hall–Kier alpha value is -2.87. The number of halogens is 1. The first kappa shape index (κ1) is 14.5. The highest BCUT2D eigenvalue weighted by atomic mass is 19.1. The molecule has 0 amide bonds. The van der Waals surface area contributed by atoms with E-state index in [0.717, 1.165) is 0 Å². The van der Waals surface area contributed by atoms with Gasteiger partial charge < -0.3 is 9.84 Å². The van der Waals surface area contributed by atoms with Crippen LogP contribution in [0.25, 0.3) is 0 Å². The molecule has 0 fully saturated rings. The Labute approximate surface area is 121 Å². The van der Waals surface area contributed by atoms with Gasteiger partial charge in [0.25, 0.3) is 0 Å². The lowest BCUT2D eigenvalue weighted by atomic mass is 10.1. The van der Waals surface area contributed by atoms with Gasteiger partial charge in [0.1, 0.15) is 18.2 Å². The molecule has 0 saturated carbocycles. The third-order valence-corrected chi connectivity index (χ3v) is 2.98. The van der Waals surface area contributed by atoms with E-state index < -0.39 is 11.8 Å². The minimum absolute atomic E-state index is 0.0331. The SMILES string of the molecule is Cc1cc(C(=O)O)ccc1OCc1cc(C#N)ccc1F. The molecule has 0 heterocycles. The van der Waals surface area contributed by atoms with E-state index in [0.29, 0.717) is 16.9 Å². The van der Waals surface area contributed by atoms with Crippen molar-refractivity contribution in [1.82, 2.24) is 0 Å². The first-order valence-corrected chi connectivity index (χ1v) is 6.16. The lowest BCUT2D eigenvalue weighted by Gasteiger charge is -2.10. The minimum atomic E-state index is -1.02. The van der Waals surface area contributed by atoms with E-state index in [1.165, 1.54) is 36.4 Å². The molecule has 0 spiro atoms. The van der Waals surface area contributed by atoms with Crippen molar-refractivity contribution in [2.24, 2.45) is 0 Å². The summed E-state index contributed by atoms with van der Waals surface area (Å²) in [5.74, 6) is -0.993. The number of benzene rings is 2. The summed E-state index contributed by atoms with van der Waals surface area (Å²) < 4.78 is 19.1. The van der Waals surface area contributed by atoms with Crippen LogP contribution in [0.3, 0.4) is 0 Å². The number of carbonyl (C=O) groups is 1. The maximum Gasteiger partial charge on any atom is 0.335 e. The molecule has 2 aromatic rings. The van der Waals surface area contributed by atoms with Gasteiger partial charge in [-0.1, -0.05) is 0 Å². The quantitative estimate of drug-likeness (QED) is 0.935. The molecule has 21 heavy (non-hydrogen) atoms. The highest BCUT2D eigenvalue weighted by Crippen LogP contribution is 2.21. The van der Waals surface area contributed by atoms with Gasteiger partial charge in [0.2, 0.25) is 0 Å². The molecule has 1 N–H and O–H groups in total. The molecular weight excluding hydrogens is 273 g/mol. The van der Waals surface area contributed by atoms with E-state index in [4.69, 9.17) is 15.1 Å². The summed E-state index contributed by atoms with van der Waals surface area (Å²) in [6.45, 7) is 1.68. The minimum Gasteiger partial charge on any atom is -0.489 e. The summed E-state index contributed by atoms with van der Waals surface area (Å²) in [7, 11) is 0. The fourth-order valence-corrected chi connectivity index (χ4v) is 1.85. The fourth-order valence-electron chi connectivity index (χ4n) is 1.85. The second-order valence-corrected chi connectivity index (χ2v) is 4.49. The molecule has 4 nitrogen and oxygen atoms in total. The first-order valence-electron chi connectivity index (χ1n) is 6.16. The maximum absolute atomic E-state index is 13.6. The van der Waals surface area contributed by atoms with Crippen LogP contribution >= 0.6 is 0 Å². The van der Waals surface area contributed by atoms with Gasteiger partial charge in [0.05, 0.1) is 17.2 Å². The summed E-state index contributed by atoms with van der Waals surface area (Å²) in [6, 6.07) is 10.4. The Morgan fingerprint density at radius 3 is 2.71 bits per heavy atom. The standard InChI is InChI=1S/C16H12FNO3/c1-10-6-12(16(19)20)3-5-15(10)21-9-13-7-11(8-18)2-4-14(13)17/h2-7H,9H2,1H3,(H,19,20). The van der Waals surface area contributed by atoms with E-state index in [1.807, 2.05) is 6.07 Å². The Balaban J connectivity index is 2.17. The van der Waals surface area contributed by atoms with Crippen molar-refractivity contribution in [1.29, 1.82) is 5.26 Å². The van der Waals surface area contributed by atoms with Crippen LogP contribution in [0.5, 0.6) is 5.75 Å². The average molecular weight is 285 g/mol. The van der Waals surface area contributed by atoms with Crippen molar-refractivity contribution in [2.45, 2.75) is 13.5 Å². The molecule has 0 aliphatic rings. The number of nitriles is 1. The van der Waals surface area contributed by atoms with Gasteiger partial charge in [-0.05, 0) is 48.9 Å². The monoisotopic (exact) mass is 285 g/mol. The van der Waals surface area contributed by atoms with Crippen LogP contribution in [0.15, 0.2) is 36.4 Å². The molecule has 5 heteroatoms. The number of ether oxygens (including phenoxy) is 1. The van der Waals surface area contributed by atoms with Crippen LogP contribution in [0, 0.1) is 24.1 Å². The van der Waals surface area contributed by atoms with E-state index >= 15 is 0 Å². The summed E-state index contributed by atoms with van der Waals surface area (Å²) >= 11 is 0. The summed E-state index contributed by atoms with van der Waals surface area (Å²) in [4.78, 5) is 10.8. The van der Waals surface area contributed by atoms with Crippen LogP contribution in [-0.4, -0.2) is 11.1 Å². The third-order valence-electron chi connectivity index (χ3n) is 2.98. The number of aromatic carboxylic acids is 1. The Kier molecular flexibility index (Phi) is 4.19. The van der Waals surface area contributed by atoms with Crippen LogP contribution in [-0.2, 0) is 6.61 Å². The summed E-state index contributed by atoms with van der Waals surface area (Å²) in [6.07, 6.45) is 0. The van der Waals surface area contributed by atoms with Gasteiger partial charge in [-0.15, -0.1) is 0 Å². The molecule has 2 aromatic carbocycles. The highest BCUT2D eigenvalue weighted by molar-refractivity contribution is 5.88. The van der Waals surface area contributed by atoms with E-state index in [1.54, 1.807) is 6.92 Å². The molecule has 106 valence electrons. The van der Waals surface area contributed by atoms with E-state index in [9.17, 15) is 9.18 Å². The molecule has 0 aliphatic carbocycles. The zero-order valence-electron chi connectivity index (χ0n) is 11.3. The van der Waals surface area contributed by atoms with Crippen molar-refractivity contribution in [3.63, 3.8) is 0 Å². The smallest absolute Gasteiger partial charge is 0.335 e. The molecular formula is C16H12FNO3. The van der Waals surface area contributed by atoms with Crippen molar-refractivity contribution >= 4 is 5.97 Å². The lowest BCUT2D eigenvalue weighted by Crippen LogP contribution is -2.02. The average Bonchev–Trinajstić information content (AvgIpc) is 2.47. The molecule has 2 rings (SSSR count). The number of hydrogen-bond donors (Lipinski definition) is 1. The van der Waals surface area contributed by atoms with Crippen LogP contribution in [0.4, 0.5) is 4.39 Å². The van der Waals surface area contributed by atoms with Gasteiger partial charge in [0, 0.05) is 5.56 Å².